The minimum Gasteiger partial charge on any atom is -0.324 e. The molecule has 2 amide bonds. The van der Waals surface area contributed by atoms with Crippen LogP contribution in [0.25, 0.3) is 0 Å². The number of anilines is 2. The Morgan fingerprint density at radius 2 is 1.88 bits per heavy atom. The summed E-state index contributed by atoms with van der Waals surface area (Å²) in [5, 5.41) is 5.43. The predicted octanol–water partition coefficient (Wildman–Crippen LogP) is 2.81. The molecule has 0 aliphatic carbocycles. The number of alkyl halides is 1. The molecule has 0 saturated heterocycles. The fourth-order valence-corrected chi connectivity index (χ4v) is 2.02. The molecule has 1 aromatic carbocycles. The zero-order valence-corrected chi connectivity index (χ0v) is 11.0. The van der Waals surface area contributed by atoms with Gasteiger partial charge in [-0.25, -0.2) is 0 Å². The molecule has 0 bridgehead atoms. The summed E-state index contributed by atoms with van der Waals surface area (Å²) in [5.41, 5.74) is 2.40. The Morgan fingerprint density at radius 1 is 1.24 bits per heavy atom. The summed E-state index contributed by atoms with van der Waals surface area (Å²) >= 11 is 3.56. The van der Waals surface area contributed by atoms with Gasteiger partial charge in [0.2, 0.25) is 11.8 Å². The highest BCUT2D eigenvalue weighted by Gasteiger charge is 2.19. The van der Waals surface area contributed by atoms with Gasteiger partial charge in [-0.1, -0.05) is 28.9 Å². The van der Waals surface area contributed by atoms with Gasteiger partial charge in [-0.15, -0.1) is 0 Å². The average Bonchev–Trinajstić information content (AvgIpc) is 2.43. The van der Waals surface area contributed by atoms with Crippen molar-refractivity contribution in [3.8, 4) is 0 Å². The number of hydrogen-bond acceptors (Lipinski definition) is 2. The second-order valence-corrected chi connectivity index (χ2v) is 5.06. The number of carbonyl (C=O) groups is 2. The fourth-order valence-electron chi connectivity index (χ4n) is 1.74. The van der Waals surface area contributed by atoms with Crippen molar-refractivity contribution >= 4 is 39.1 Å². The molecule has 2 N–H and O–H groups in total. The molecule has 4 nitrogen and oxygen atoms in total. The highest BCUT2D eigenvalue weighted by atomic mass is 79.9. The zero-order valence-electron chi connectivity index (χ0n) is 9.42. The number of halogens is 1. The van der Waals surface area contributed by atoms with E-state index in [9.17, 15) is 9.59 Å². The van der Waals surface area contributed by atoms with Crippen LogP contribution in [0, 0.1) is 0 Å². The number of nitrogens with one attached hydrogen (secondary N) is 2. The molecule has 0 aromatic heterocycles. The largest absolute Gasteiger partial charge is 0.324 e. The maximum atomic E-state index is 11.4. The van der Waals surface area contributed by atoms with E-state index in [0.29, 0.717) is 11.4 Å². The van der Waals surface area contributed by atoms with E-state index in [2.05, 4.69) is 33.5 Å². The third-order valence-corrected chi connectivity index (χ3v) is 3.81. The Labute approximate surface area is 108 Å². The number of carbonyl (C=O) groups excluding carboxylic acids is 2. The van der Waals surface area contributed by atoms with Crippen molar-refractivity contribution in [3.63, 3.8) is 0 Å². The molecule has 1 aliphatic heterocycles. The second kappa shape index (κ2) is 4.87. The summed E-state index contributed by atoms with van der Waals surface area (Å²) in [6.45, 7) is 2.07. The summed E-state index contributed by atoms with van der Waals surface area (Å²) in [7, 11) is 0. The molecule has 2 rings (SSSR count). The molecule has 0 fully saturated rings. The van der Waals surface area contributed by atoms with Crippen molar-refractivity contribution in [1.29, 1.82) is 0 Å². The fraction of sp³-hybridized carbons (Fsp3) is 0.333. The highest BCUT2D eigenvalue weighted by Crippen LogP contribution is 2.32. The summed E-state index contributed by atoms with van der Waals surface area (Å²) < 4.78 is 0. The Morgan fingerprint density at radius 3 is 2.53 bits per heavy atom. The number of fused-ring (bicyclic) bond motifs is 1. The lowest BCUT2D eigenvalue weighted by atomic mass is 10.1. The van der Waals surface area contributed by atoms with Gasteiger partial charge in [0.15, 0.2) is 0 Å². The van der Waals surface area contributed by atoms with Gasteiger partial charge in [-0.2, -0.15) is 0 Å². The molecule has 5 heteroatoms. The van der Waals surface area contributed by atoms with Crippen molar-refractivity contribution in [2.75, 3.05) is 10.6 Å². The lowest BCUT2D eigenvalue weighted by Crippen LogP contribution is -2.16. The van der Waals surface area contributed by atoms with Gasteiger partial charge in [-0.3, -0.25) is 9.59 Å². The average molecular weight is 297 g/mol. The van der Waals surface area contributed by atoms with Crippen LogP contribution in [0.5, 0.6) is 0 Å². The Bertz CT molecular complexity index is 474. The standard InChI is InChI=1S/C12H13BrN2O2/c1-2-8(13)7-3-4-9-10(5-7)15-12(17)6-11(16)14-9/h3-5,8H,2,6H2,1H3,(H,14,16)(H,15,17). The van der Waals surface area contributed by atoms with E-state index in [1.54, 1.807) is 0 Å². The van der Waals surface area contributed by atoms with E-state index in [1.165, 1.54) is 0 Å². The Kier molecular flexibility index (Phi) is 3.47. The van der Waals surface area contributed by atoms with Crippen LogP contribution in [-0.4, -0.2) is 11.8 Å². The van der Waals surface area contributed by atoms with Crippen molar-refractivity contribution in [1.82, 2.24) is 0 Å². The normalized spacial score (nSPS) is 16.6. The number of hydrogen-bond donors (Lipinski definition) is 2. The van der Waals surface area contributed by atoms with Gasteiger partial charge >= 0.3 is 0 Å². The van der Waals surface area contributed by atoms with Crippen LogP contribution in [0.2, 0.25) is 0 Å². The van der Waals surface area contributed by atoms with Gasteiger partial charge < -0.3 is 10.6 Å². The Balaban J connectivity index is 2.37. The zero-order chi connectivity index (χ0) is 12.4. The van der Waals surface area contributed by atoms with Crippen molar-refractivity contribution in [3.05, 3.63) is 23.8 Å². The summed E-state index contributed by atoms with van der Waals surface area (Å²) in [6.07, 6.45) is 0.828. The Hall–Kier alpha value is -1.36. The van der Waals surface area contributed by atoms with Crippen molar-refractivity contribution in [2.45, 2.75) is 24.6 Å². The number of rotatable bonds is 2. The van der Waals surface area contributed by atoms with Crippen LogP contribution in [0.1, 0.15) is 30.2 Å². The first kappa shape index (κ1) is 12.1. The highest BCUT2D eigenvalue weighted by molar-refractivity contribution is 9.09. The van der Waals surface area contributed by atoms with E-state index >= 15 is 0 Å². The van der Waals surface area contributed by atoms with E-state index < -0.39 is 0 Å². The van der Waals surface area contributed by atoms with Crippen LogP contribution < -0.4 is 10.6 Å². The molecule has 1 atom stereocenters. The summed E-state index contributed by atoms with van der Waals surface area (Å²) in [5.74, 6) is -0.555. The van der Waals surface area contributed by atoms with E-state index in [-0.39, 0.29) is 23.1 Å². The molecule has 1 unspecified atom stereocenters. The van der Waals surface area contributed by atoms with Crippen LogP contribution in [0.3, 0.4) is 0 Å². The lowest BCUT2D eigenvalue weighted by Gasteiger charge is -2.12. The predicted molar refractivity (Wildman–Crippen MR) is 70.3 cm³/mol. The van der Waals surface area contributed by atoms with Crippen LogP contribution in [-0.2, 0) is 9.59 Å². The van der Waals surface area contributed by atoms with Crippen LogP contribution in [0.4, 0.5) is 11.4 Å². The molecule has 0 spiro atoms. The van der Waals surface area contributed by atoms with Crippen molar-refractivity contribution < 1.29 is 9.59 Å². The number of benzene rings is 1. The molecular formula is C12H13BrN2O2. The molecular weight excluding hydrogens is 284 g/mol. The third kappa shape index (κ3) is 2.66. The van der Waals surface area contributed by atoms with Gasteiger partial charge in [0.25, 0.3) is 0 Å². The quantitative estimate of drug-likeness (QED) is 0.651. The molecule has 1 aromatic rings. The molecule has 1 aliphatic rings. The van der Waals surface area contributed by atoms with Gasteiger partial charge in [0, 0.05) is 4.83 Å². The molecule has 0 saturated carbocycles. The number of amides is 2. The van der Waals surface area contributed by atoms with E-state index in [1.807, 2.05) is 18.2 Å². The van der Waals surface area contributed by atoms with Gasteiger partial charge in [0.05, 0.1) is 11.4 Å². The van der Waals surface area contributed by atoms with Crippen LogP contribution >= 0.6 is 15.9 Å². The van der Waals surface area contributed by atoms with E-state index in [4.69, 9.17) is 0 Å². The SMILES string of the molecule is CCC(Br)c1ccc2c(c1)NC(=O)CC(=O)N2. The van der Waals surface area contributed by atoms with Crippen LogP contribution in [0.15, 0.2) is 18.2 Å². The van der Waals surface area contributed by atoms with Gasteiger partial charge in [0.1, 0.15) is 6.42 Å². The topological polar surface area (TPSA) is 58.2 Å². The first-order valence-corrected chi connectivity index (χ1v) is 6.39. The minimum atomic E-state index is -0.278. The smallest absolute Gasteiger partial charge is 0.233 e. The summed E-state index contributed by atoms with van der Waals surface area (Å²) in [4.78, 5) is 23.0. The van der Waals surface area contributed by atoms with Crippen molar-refractivity contribution in [2.24, 2.45) is 0 Å². The maximum absolute atomic E-state index is 11.4. The summed E-state index contributed by atoms with van der Waals surface area (Å²) in [6, 6.07) is 5.65. The molecule has 0 radical (unpaired) electrons. The molecule has 17 heavy (non-hydrogen) atoms. The second-order valence-electron chi connectivity index (χ2n) is 3.95. The monoisotopic (exact) mass is 296 g/mol. The first-order valence-electron chi connectivity index (χ1n) is 5.48. The molecule has 1 heterocycles. The minimum absolute atomic E-state index is 0.129. The van der Waals surface area contributed by atoms with E-state index in [0.717, 1.165) is 12.0 Å². The van der Waals surface area contributed by atoms with Gasteiger partial charge in [-0.05, 0) is 24.1 Å². The third-order valence-electron chi connectivity index (χ3n) is 2.63. The lowest BCUT2D eigenvalue weighted by molar-refractivity contribution is -0.123. The first-order chi connectivity index (χ1) is 8.10. The molecule has 90 valence electrons. The maximum Gasteiger partial charge on any atom is 0.233 e.